The molecule has 0 heterocycles. The molecule has 1 atom stereocenters. The molecule has 0 aromatic heterocycles. The SMILES string of the molecule is CCOc1ccc(C(F)(F)CC(C)CC(=O)O)c(Br)c1. The molecule has 0 bridgehead atoms. The average molecular weight is 351 g/mol. The number of hydrogen-bond donors (Lipinski definition) is 1. The van der Waals surface area contributed by atoms with Crippen LogP contribution < -0.4 is 4.74 Å². The van der Waals surface area contributed by atoms with Crippen molar-refractivity contribution in [2.45, 2.75) is 32.6 Å². The van der Waals surface area contributed by atoms with E-state index in [4.69, 9.17) is 9.84 Å². The quantitative estimate of drug-likeness (QED) is 0.790. The molecular formula is C14H17BrF2O3. The number of halogens is 3. The van der Waals surface area contributed by atoms with E-state index in [0.717, 1.165) is 0 Å². The van der Waals surface area contributed by atoms with Crippen molar-refractivity contribution in [3.63, 3.8) is 0 Å². The second-order valence-electron chi connectivity index (χ2n) is 4.69. The average Bonchev–Trinajstić information content (AvgIpc) is 2.26. The van der Waals surface area contributed by atoms with Crippen molar-refractivity contribution in [1.29, 1.82) is 0 Å². The molecule has 0 saturated carbocycles. The fourth-order valence-corrected chi connectivity index (χ4v) is 2.61. The second-order valence-corrected chi connectivity index (χ2v) is 5.54. The van der Waals surface area contributed by atoms with Crippen LogP contribution in [0.25, 0.3) is 0 Å². The molecule has 112 valence electrons. The standard InChI is InChI=1S/C14H17BrF2O3/c1-3-20-10-4-5-11(12(15)7-10)14(16,17)8-9(2)6-13(18)19/h4-5,7,9H,3,6,8H2,1-2H3,(H,18,19). The van der Waals surface area contributed by atoms with Crippen LogP contribution in [0.3, 0.4) is 0 Å². The topological polar surface area (TPSA) is 46.5 Å². The zero-order valence-electron chi connectivity index (χ0n) is 11.3. The molecule has 0 fully saturated rings. The van der Waals surface area contributed by atoms with Gasteiger partial charge < -0.3 is 9.84 Å². The first kappa shape index (κ1) is 16.9. The minimum atomic E-state index is -3.08. The molecule has 1 aromatic rings. The molecule has 0 spiro atoms. The van der Waals surface area contributed by atoms with Crippen molar-refractivity contribution in [2.24, 2.45) is 5.92 Å². The molecule has 0 aliphatic carbocycles. The van der Waals surface area contributed by atoms with Crippen LogP contribution in [-0.4, -0.2) is 17.7 Å². The van der Waals surface area contributed by atoms with Gasteiger partial charge >= 0.3 is 5.97 Å². The number of aliphatic carboxylic acids is 1. The Labute approximate surface area is 125 Å². The second kappa shape index (κ2) is 7.02. The van der Waals surface area contributed by atoms with Crippen LogP contribution in [0.2, 0.25) is 0 Å². The molecule has 1 rings (SSSR count). The van der Waals surface area contributed by atoms with Gasteiger partial charge in [-0.1, -0.05) is 22.9 Å². The van der Waals surface area contributed by atoms with Gasteiger partial charge in [0, 0.05) is 22.9 Å². The minimum Gasteiger partial charge on any atom is -0.494 e. The van der Waals surface area contributed by atoms with Gasteiger partial charge in [-0.2, -0.15) is 0 Å². The molecule has 0 aliphatic rings. The van der Waals surface area contributed by atoms with Crippen molar-refractivity contribution in [3.8, 4) is 5.75 Å². The number of alkyl halides is 2. The highest BCUT2D eigenvalue weighted by Crippen LogP contribution is 2.40. The van der Waals surface area contributed by atoms with E-state index in [1.807, 2.05) is 6.92 Å². The van der Waals surface area contributed by atoms with Crippen molar-refractivity contribution in [1.82, 2.24) is 0 Å². The van der Waals surface area contributed by atoms with Gasteiger partial charge in [0.1, 0.15) is 5.75 Å². The Balaban J connectivity index is 2.88. The Morgan fingerprint density at radius 2 is 2.15 bits per heavy atom. The summed E-state index contributed by atoms with van der Waals surface area (Å²) in [6.45, 7) is 3.77. The fourth-order valence-electron chi connectivity index (χ4n) is 1.97. The van der Waals surface area contributed by atoms with Gasteiger partial charge in [-0.05, 0) is 31.0 Å². The van der Waals surface area contributed by atoms with Gasteiger partial charge in [0.2, 0.25) is 0 Å². The van der Waals surface area contributed by atoms with Crippen LogP contribution in [0.15, 0.2) is 22.7 Å². The van der Waals surface area contributed by atoms with Gasteiger partial charge in [-0.3, -0.25) is 4.79 Å². The van der Waals surface area contributed by atoms with E-state index in [0.29, 0.717) is 12.4 Å². The summed E-state index contributed by atoms with van der Waals surface area (Å²) in [6, 6.07) is 4.29. The molecule has 0 aliphatic heterocycles. The maximum Gasteiger partial charge on any atom is 0.303 e. The Bertz CT molecular complexity index is 477. The van der Waals surface area contributed by atoms with Crippen LogP contribution in [0, 0.1) is 5.92 Å². The van der Waals surface area contributed by atoms with E-state index in [2.05, 4.69) is 15.9 Å². The Hall–Kier alpha value is -1.17. The predicted molar refractivity (Wildman–Crippen MR) is 75.2 cm³/mol. The molecule has 1 unspecified atom stereocenters. The fraction of sp³-hybridized carbons (Fsp3) is 0.500. The highest BCUT2D eigenvalue weighted by molar-refractivity contribution is 9.10. The van der Waals surface area contributed by atoms with Crippen LogP contribution in [0.4, 0.5) is 8.78 Å². The monoisotopic (exact) mass is 350 g/mol. The first-order valence-corrected chi connectivity index (χ1v) is 7.08. The van der Waals surface area contributed by atoms with Crippen LogP contribution >= 0.6 is 15.9 Å². The van der Waals surface area contributed by atoms with E-state index < -0.39 is 24.2 Å². The lowest BCUT2D eigenvalue weighted by Gasteiger charge is -2.21. The van der Waals surface area contributed by atoms with Crippen LogP contribution in [-0.2, 0) is 10.7 Å². The first-order chi connectivity index (χ1) is 9.26. The molecule has 6 heteroatoms. The van der Waals surface area contributed by atoms with Crippen LogP contribution in [0.5, 0.6) is 5.75 Å². The lowest BCUT2D eigenvalue weighted by Crippen LogP contribution is -2.19. The predicted octanol–water partition coefficient (Wildman–Crippen LogP) is 4.44. The normalized spacial score (nSPS) is 13.1. The smallest absolute Gasteiger partial charge is 0.303 e. The summed E-state index contributed by atoms with van der Waals surface area (Å²) in [5.41, 5.74) is -0.154. The van der Waals surface area contributed by atoms with E-state index >= 15 is 0 Å². The molecule has 0 saturated heterocycles. The summed E-state index contributed by atoms with van der Waals surface area (Å²) >= 11 is 3.12. The summed E-state index contributed by atoms with van der Waals surface area (Å²) in [5, 5.41) is 8.63. The lowest BCUT2D eigenvalue weighted by atomic mass is 9.95. The van der Waals surface area contributed by atoms with E-state index in [9.17, 15) is 13.6 Å². The number of benzene rings is 1. The third kappa shape index (κ3) is 4.74. The molecule has 1 aromatic carbocycles. The maximum absolute atomic E-state index is 14.2. The number of carboxylic acids is 1. The molecule has 20 heavy (non-hydrogen) atoms. The Kier molecular flexibility index (Phi) is 5.92. The van der Waals surface area contributed by atoms with Gasteiger partial charge in [-0.25, -0.2) is 8.78 Å². The van der Waals surface area contributed by atoms with Crippen molar-refractivity contribution in [3.05, 3.63) is 28.2 Å². The molecule has 0 radical (unpaired) electrons. The van der Waals surface area contributed by atoms with Gasteiger partial charge in [0.05, 0.1) is 6.61 Å². The highest BCUT2D eigenvalue weighted by atomic mass is 79.9. The molecule has 0 amide bonds. The van der Waals surface area contributed by atoms with Crippen molar-refractivity contribution < 1.29 is 23.4 Å². The van der Waals surface area contributed by atoms with E-state index in [1.165, 1.54) is 25.1 Å². The Morgan fingerprint density at radius 1 is 1.50 bits per heavy atom. The lowest BCUT2D eigenvalue weighted by molar-refractivity contribution is -0.138. The van der Waals surface area contributed by atoms with Gasteiger partial charge in [0.25, 0.3) is 5.92 Å². The number of carboxylic acid groups (broad SMARTS) is 1. The van der Waals surface area contributed by atoms with Crippen molar-refractivity contribution in [2.75, 3.05) is 6.61 Å². The number of carbonyl (C=O) groups is 1. The largest absolute Gasteiger partial charge is 0.494 e. The number of rotatable bonds is 7. The summed E-state index contributed by atoms with van der Waals surface area (Å²) in [6.07, 6.45) is -0.782. The van der Waals surface area contributed by atoms with Gasteiger partial charge in [0.15, 0.2) is 0 Å². The summed E-state index contributed by atoms with van der Waals surface area (Å²) < 4.78 is 33.8. The minimum absolute atomic E-state index is 0.154. The molecule has 3 nitrogen and oxygen atoms in total. The highest BCUT2D eigenvalue weighted by Gasteiger charge is 2.35. The van der Waals surface area contributed by atoms with E-state index in [1.54, 1.807) is 0 Å². The zero-order chi connectivity index (χ0) is 15.3. The Morgan fingerprint density at radius 3 is 2.65 bits per heavy atom. The molecule has 1 N–H and O–H groups in total. The third-order valence-electron chi connectivity index (χ3n) is 2.77. The number of hydrogen-bond acceptors (Lipinski definition) is 2. The summed E-state index contributed by atoms with van der Waals surface area (Å²) in [5.74, 6) is -4.25. The number of ether oxygens (including phenoxy) is 1. The zero-order valence-corrected chi connectivity index (χ0v) is 12.9. The van der Waals surface area contributed by atoms with E-state index in [-0.39, 0.29) is 16.5 Å². The molecular weight excluding hydrogens is 334 g/mol. The summed E-state index contributed by atoms with van der Waals surface area (Å²) in [7, 11) is 0. The van der Waals surface area contributed by atoms with Gasteiger partial charge in [-0.15, -0.1) is 0 Å². The first-order valence-electron chi connectivity index (χ1n) is 6.28. The maximum atomic E-state index is 14.2. The third-order valence-corrected chi connectivity index (χ3v) is 3.43. The summed E-state index contributed by atoms with van der Waals surface area (Å²) in [4.78, 5) is 10.5. The van der Waals surface area contributed by atoms with Crippen LogP contribution in [0.1, 0.15) is 32.3 Å². The van der Waals surface area contributed by atoms with Crippen molar-refractivity contribution >= 4 is 21.9 Å².